The number of rotatable bonds is 4. The van der Waals surface area contributed by atoms with Crippen molar-refractivity contribution in [3.05, 3.63) is 53.6 Å². The molecule has 0 aliphatic carbocycles. The maximum absolute atomic E-state index is 12.1. The lowest BCUT2D eigenvalue weighted by Gasteiger charge is -2.36. The number of carbonyl (C=O) groups excluding carboxylic acids is 1. The van der Waals surface area contributed by atoms with Crippen LogP contribution in [0.3, 0.4) is 0 Å². The monoisotopic (exact) mass is 397 g/mol. The number of imidazole rings is 1. The van der Waals surface area contributed by atoms with Gasteiger partial charge in [0.15, 0.2) is 0 Å². The van der Waals surface area contributed by atoms with Crippen molar-refractivity contribution < 1.29 is 24.9 Å². The fourth-order valence-electron chi connectivity index (χ4n) is 3.70. The van der Waals surface area contributed by atoms with E-state index in [4.69, 9.17) is 4.74 Å². The van der Waals surface area contributed by atoms with Gasteiger partial charge in [-0.25, -0.2) is 4.98 Å². The van der Waals surface area contributed by atoms with E-state index in [1.807, 2.05) is 24.3 Å². The quantitative estimate of drug-likeness (QED) is 0.449. The van der Waals surface area contributed by atoms with E-state index >= 15 is 0 Å². The summed E-state index contributed by atoms with van der Waals surface area (Å²) in [5, 5.41) is 32.5. The average molecular weight is 397 g/mol. The second-order valence-corrected chi connectivity index (χ2v) is 7.15. The summed E-state index contributed by atoms with van der Waals surface area (Å²) < 4.78 is 5.78. The van der Waals surface area contributed by atoms with Gasteiger partial charge < -0.3 is 30.4 Å². The SMILES string of the molecule is CNC(=O)c1cccc2[nH]c(-c3cccc([C@H]4OC(CO)CC(O)C4O)c3)nc12. The molecule has 4 rings (SSSR count). The van der Waals surface area contributed by atoms with Crippen molar-refractivity contribution >= 4 is 16.9 Å². The number of nitrogens with one attached hydrogen (secondary N) is 2. The standard InChI is InChI=1S/C21H23N3O5/c1-22-21(28)14-6-3-7-15-17(14)24-20(23-15)12-5-2-4-11(8-12)19-18(27)16(26)9-13(10-25)29-19/h2-8,13,16,18-19,25-27H,9-10H2,1H3,(H,22,28)(H,23,24)/t13?,16?,18?,19-/m1/s1. The number of hydrogen-bond donors (Lipinski definition) is 5. The van der Waals surface area contributed by atoms with Crippen molar-refractivity contribution in [2.24, 2.45) is 0 Å². The van der Waals surface area contributed by atoms with Crippen molar-refractivity contribution in [3.63, 3.8) is 0 Å². The molecule has 8 heteroatoms. The fourth-order valence-corrected chi connectivity index (χ4v) is 3.70. The fraction of sp³-hybridized carbons (Fsp3) is 0.333. The highest BCUT2D eigenvalue weighted by molar-refractivity contribution is 6.05. The van der Waals surface area contributed by atoms with Crippen molar-refractivity contribution in [2.75, 3.05) is 13.7 Å². The minimum absolute atomic E-state index is 0.180. The number of benzene rings is 2. The van der Waals surface area contributed by atoms with Gasteiger partial charge in [-0.2, -0.15) is 0 Å². The Balaban J connectivity index is 1.71. The molecule has 1 saturated heterocycles. The molecular weight excluding hydrogens is 374 g/mol. The van der Waals surface area contributed by atoms with Gasteiger partial charge in [-0.05, 0) is 23.8 Å². The second-order valence-electron chi connectivity index (χ2n) is 7.15. The van der Waals surface area contributed by atoms with Crippen LogP contribution in [-0.4, -0.2) is 63.2 Å². The van der Waals surface area contributed by atoms with Crippen LogP contribution < -0.4 is 5.32 Å². The summed E-state index contributed by atoms with van der Waals surface area (Å²) in [6.07, 6.45) is -3.19. The molecule has 1 aromatic heterocycles. The van der Waals surface area contributed by atoms with Crippen LogP contribution in [0.15, 0.2) is 42.5 Å². The third-order valence-electron chi connectivity index (χ3n) is 5.22. The number of nitrogens with zero attached hydrogens (tertiary/aromatic N) is 1. The van der Waals surface area contributed by atoms with Gasteiger partial charge in [0.2, 0.25) is 0 Å². The zero-order valence-electron chi connectivity index (χ0n) is 15.9. The minimum Gasteiger partial charge on any atom is -0.394 e. The third-order valence-corrected chi connectivity index (χ3v) is 5.22. The van der Waals surface area contributed by atoms with E-state index in [1.54, 1.807) is 25.2 Å². The highest BCUT2D eigenvalue weighted by atomic mass is 16.5. The molecule has 3 aromatic rings. The highest BCUT2D eigenvalue weighted by Crippen LogP contribution is 2.34. The molecule has 3 unspecified atom stereocenters. The Hall–Kier alpha value is -2.78. The molecule has 1 aliphatic rings. The zero-order chi connectivity index (χ0) is 20.5. The van der Waals surface area contributed by atoms with Crippen LogP contribution in [0.1, 0.15) is 28.4 Å². The molecule has 1 aliphatic heterocycles. The lowest BCUT2D eigenvalue weighted by atomic mass is 9.92. The molecule has 1 amide bonds. The normalized spacial score (nSPS) is 24.6. The maximum atomic E-state index is 12.1. The Morgan fingerprint density at radius 2 is 2.07 bits per heavy atom. The Kier molecular flexibility index (Phi) is 5.33. The maximum Gasteiger partial charge on any atom is 0.253 e. The lowest BCUT2D eigenvalue weighted by molar-refractivity contribution is -0.179. The highest BCUT2D eigenvalue weighted by Gasteiger charge is 2.37. The van der Waals surface area contributed by atoms with Crippen LogP contribution in [-0.2, 0) is 4.74 Å². The van der Waals surface area contributed by atoms with Gasteiger partial charge in [0.25, 0.3) is 5.91 Å². The smallest absolute Gasteiger partial charge is 0.253 e. The van der Waals surface area contributed by atoms with Crippen LogP contribution in [0.25, 0.3) is 22.4 Å². The van der Waals surface area contributed by atoms with Gasteiger partial charge in [0.1, 0.15) is 23.5 Å². The molecule has 1 fully saturated rings. The largest absolute Gasteiger partial charge is 0.394 e. The summed E-state index contributed by atoms with van der Waals surface area (Å²) in [7, 11) is 1.57. The van der Waals surface area contributed by atoms with E-state index in [0.717, 1.165) is 11.1 Å². The summed E-state index contributed by atoms with van der Waals surface area (Å²) in [5.41, 5.74) is 3.19. The number of para-hydroxylation sites is 1. The topological polar surface area (TPSA) is 128 Å². The number of aliphatic hydroxyl groups excluding tert-OH is 3. The van der Waals surface area contributed by atoms with Crippen molar-refractivity contribution in [1.29, 1.82) is 0 Å². The summed E-state index contributed by atoms with van der Waals surface area (Å²) in [6.45, 7) is -0.230. The van der Waals surface area contributed by atoms with Crippen LogP contribution in [0.5, 0.6) is 0 Å². The first kappa shape index (κ1) is 19.5. The predicted octanol–water partition coefficient (Wildman–Crippen LogP) is 1.13. The number of hydrogen-bond acceptors (Lipinski definition) is 6. The van der Waals surface area contributed by atoms with E-state index in [9.17, 15) is 20.1 Å². The van der Waals surface area contributed by atoms with Crippen LogP contribution >= 0.6 is 0 Å². The molecule has 29 heavy (non-hydrogen) atoms. The lowest BCUT2D eigenvalue weighted by Crippen LogP contribution is -2.44. The van der Waals surface area contributed by atoms with Gasteiger partial charge >= 0.3 is 0 Å². The van der Waals surface area contributed by atoms with Crippen molar-refractivity contribution in [3.8, 4) is 11.4 Å². The van der Waals surface area contributed by atoms with Crippen LogP contribution in [0.4, 0.5) is 0 Å². The molecule has 0 saturated carbocycles. The second kappa shape index (κ2) is 7.92. The van der Waals surface area contributed by atoms with Crippen molar-refractivity contribution in [1.82, 2.24) is 15.3 Å². The molecule has 4 atom stereocenters. The van der Waals surface area contributed by atoms with Gasteiger partial charge in [0, 0.05) is 19.0 Å². The van der Waals surface area contributed by atoms with Crippen LogP contribution in [0.2, 0.25) is 0 Å². The Morgan fingerprint density at radius 3 is 2.83 bits per heavy atom. The number of aromatic amines is 1. The molecule has 0 radical (unpaired) electrons. The first-order valence-corrected chi connectivity index (χ1v) is 9.45. The van der Waals surface area contributed by atoms with Crippen molar-refractivity contribution in [2.45, 2.75) is 30.8 Å². The molecular formula is C21H23N3O5. The number of fused-ring (bicyclic) bond motifs is 1. The Bertz CT molecular complexity index is 1030. The summed E-state index contributed by atoms with van der Waals surface area (Å²) in [6, 6.07) is 12.6. The third kappa shape index (κ3) is 3.63. The number of ether oxygens (including phenoxy) is 1. The van der Waals surface area contributed by atoms with Gasteiger partial charge in [0.05, 0.1) is 29.9 Å². The molecule has 152 valence electrons. The van der Waals surface area contributed by atoms with Gasteiger partial charge in [-0.1, -0.05) is 24.3 Å². The Labute approximate surface area is 167 Å². The number of amides is 1. The zero-order valence-corrected chi connectivity index (χ0v) is 15.9. The molecule has 2 aromatic carbocycles. The van der Waals surface area contributed by atoms with E-state index in [-0.39, 0.29) is 18.9 Å². The molecule has 8 nitrogen and oxygen atoms in total. The minimum atomic E-state index is -1.09. The summed E-state index contributed by atoms with van der Waals surface area (Å²) in [4.78, 5) is 19.9. The number of aromatic nitrogens is 2. The first-order valence-electron chi connectivity index (χ1n) is 9.45. The summed E-state index contributed by atoms with van der Waals surface area (Å²) in [5.74, 6) is 0.355. The van der Waals surface area contributed by atoms with E-state index < -0.39 is 24.4 Å². The molecule has 5 N–H and O–H groups in total. The molecule has 0 bridgehead atoms. The van der Waals surface area contributed by atoms with Gasteiger partial charge in [-0.3, -0.25) is 4.79 Å². The first-order chi connectivity index (χ1) is 14.0. The average Bonchev–Trinajstić information content (AvgIpc) is 3.19. The van der Waals surface area contributed by atoms with Gasteiger partial charge in [-0.15, -0.1) is 0 Å². The van der Waals surface area contributed by atoms with Crippen LogP contribution in [0, 0.1) is 0 Å². The van der Waals surface area contributed by atoms with E-state index in [1.165, 1.54) is 0 Å². The number of aliphatic hydroxyl groups is 3. The molecule has 0 spiro atoms. The molecule has 2 heterocycles. The number of H-pyrrole nitrogens is 1. The predicted molar refractivity (Wildman–Crippen MR) is 106 cm³/mol. The van der Waals surface area contributed by atoms with E-state index in [2.05, 4.69) is 15.3 Å². The van der Waals surface area contributed by atoms with E-state index in [0.29, 0.717) is 22.5 Å². The Morgan fingerprint density at radius 1 is 1.28 bits per heavy atom. The summed E-state index contributed by atoms with van der Waals surface area (Å²) >= 11 is 0. The number of carbonyl (C=O) groups is 1.